The average Bonchev–Trinajstić information content (AvgIpc) is 0.796. The molecular weight excluding hydrogens is 1890 g/mol. The molecule has 0 aliphatic heterocycles. The number of halogens is 24. The van der Waals surface area contributed by atoms with Gasteiger partial charge in [0.05, 0.1) is 22.3 Å². The van der Waals surface area contributed by atoms with Gasteiger partial charge in [-0.1, -0.05) is 213 Å². The summed E-state index contributed by atoms with van der Waals surface area (Å²) in [4.78, 5) is 0. The highest BCUT2D eigenvalue weighted by atomic mass is 19.4. The van der Waals surface area contributed by atoms with E-state index in [4.69, 9.17) is 0 Å². The Balaban J connectivity index is 0.000000159. The lowest BCUT2D eigenvalue weighted by molar-refractivity contribution is -0.276. The molecule has 0 spiro atoms. The molecular formula is C114H108F24O4. The van der Waals surface area contributed by atoms with E-state index in [1.54, 1.807) is 0 Å². The number of rotatable bonds is 26. The van der Waals surface area contributed by atoms with Crippen molar-refractivity contribution < 1.29 is 124 Å². The Bertz CT molecular complexity index is 6080. The monoisotopic (exact) mass is 2000 g/mol. The van der Waals surface area contributed by atoms with E-state index in [-0.39, 0.29) is 22.3 Å². The summed E-state index contributed by atoms with van der Waals surface area (Å²) in [6.45, 7) is 8.87. The Morgan fingerprint density at radius 1 is 0.197 bits per heavy atom. The van der Waals surface area contributed by atoms with Crippen molar-refractivity contribution in [2.24, 2.45) is 23.7 Å². The summed E-state index contributed by atoms with van der Waals surface area (Å²) in [6.07, 6.45) is 11.3. The van der Waals surface area contributed by atoms with Crippen LogP contribution in [0.5, 0.6) is 23.0 Å². The first kappa shape index (κ1) is 107. The van der Waals surface area contributed by atoms with E-state index >= 15 is 0 Å². The van der Waals surface area contributed by atoms with Gasteiger partial charge in [0, 0.05) is 0 Å². The number of unbranched alkanes of at least 4 members (excludes halogenated alkanes) is 3. The molecule has 756 valence electrons. The molecule has 0 amide bonds. The molecule has 0 aromatic heterocycles. The van der Waals surface area contributed by atoms with Gasteiger partial charge < -0.3 is 18.9 Å². The number of alkyl halides is 12. The average molecular weight is 2000 g/mol. The molecule has 16 rings (SSSR count). The third kappa shape index (κ3) is 29.3. The highest BCUT2D eigenvalue weighted by Gasteiger charge is 2.38. The van der Waals surface area contributed by atoms with Crippen LogP contribution in [0.15, 0.2) is 218 Å². The SMILES string of the molecule is CCC1CCC(c2ccc(-c3cc(F)c(-c4ccc(OC(F)(F)F)c(F)c4)c(F)c3)cc2)CC1.CCCC1CCC(c2ccc(-c3cc(F)c(-c4ccc(OC(F)(F)F)c(F)c4)c(F)c3)cc2)CC1.CCCCC1CCC(c2ccc(-c3cc(F)c(-c4ccc(OC(F)(F)F)c(F)c4)c(F)c3)cc2)CC1.CCCCCC1CCC(c2ccc(-c3cc(F)c(-c4ccc(OC(F)(F)F)c(F)c4)c(F)c3)cc2)CC1. The third-order valence-corrected chi connectivity index (χ3v) is 27.7. The van der Waals surface area contributed by atoms with Crippen molar-refractivity contribution in [2.45, 2.75) is 244 Å². The summed E-state index contributed by atoms with van der Waals surface area (Å²) in [5.41, 5.74) is 5.72. The lowest BCUT2D eigenvalue weighted by atomic mass is 9.77. The van der Waals surface area contributed by atoms with Crippen molar-refractivity contribution in [3.63, 3.8) is 0 Å². The van der Waals surface area contributed by atoms with Crippen LogP contribution in [0.25, 0.3) is 89.0 Å². The number of ether oxygens (including phenoxy) is 4. The summed E-state index contributed by atoms with van der Waals surface area (Å²) < 4.78 is 338. The molecule has 4 saturated carbocycles. The molecule has 0 atom stereocenters. The van der Waals surface area contributed by atoms with Gasteiger partial charge in [-0.3, -0.25) is 0 Å². The summed E-state index contributed by atoms with van der Waals surface area (Å²) >= 11 is 0. The van der Waals surface area contributed by atoms with E-state index in [2.05, 4.69) is 46.6 Å². The molecule has 142 heavy (non-hydrogen) atoms. The Morgan fingerprint density at radius 2 is 0.387 bits per heavy atom. The number of hydrogen-bond donors (Lipinski definition) is 0. The normalized spacial score (nSPS) is 18.4. The predicted molar refractivity (Wildman–Crippen MR) is 503 cm³/mol. The van der Waals surface area contributed by atoms with E-state index < -0.39 is 141 Å². The molecule has 0 saturated heterocycles. The first-order valence-corrected chi connectivity index (χ1v) is 48.2. The van der Waals surface area contributed by atoms with Crippen LogP contribution in [0.2, 0.25) is 0 Å². The van der Waals surface area contributed by atoms with Gasteiger partial charge >= 0.3 is 25.4 Å². The molecule has 0 bridgehead atoms. The highest BCUT2D eigenvalue weighted by molar-refractivity contribution is 5.77. The quantitative estimate of drug-likeness (QED) is 0.0400. The molecule has 0 heterocycles. The Labute approximate surface area is 810 Å². The maximum atomic E-state index is 14.9. The van der Waals surface area contributed by atoms with Crippen LogP contribution in [-0.4, -0.2) is 25.4 Å². The van der Waals surface area contributed by atoms with Crippen LogP contribution in [0.3, 0.4) is 0 Å². The lowest BCUT2D eigenvalue weighted by Gasteiger charge is -2.29. The van der Waals surface area contributed by atoms with E-state index in [0.717, 1.165) is 148 Å². The topological polar surface area (TPSA) is 36.9 Å². The fourth-order valence-corrected chi connectivity index (χ4v) is 20.1. The number of benzene rings is 12. The van der Waals surface area contributed by atoms with Gasteiger partial charge in [-0.05, 0) is 336 Å². The van der Waals surface area contributed by atoms with Crippen LogP contribution in [-0.2, 0) is 0 Å². The van der Waals surface area contributed by atoms with Crippen LogP contribution in [0.4, 0.5) is 105 Å². The van der Waals surface area contributed by atoms with Crippen molar-refractivity contribution in [3.8, 4) is 112 Å². The van der Waals surface area contributed by atoms with Crippen molar-refractivity contribution >= 4 is 0 Å². The minimum Gasteiger partial charge on any atom is -0.403 e. The number of hydrogen-bond acceptors (Lipinski definition) is 4. The fraction of sp³-hybridized carbons (Fsp3) is 0.368. The van der Waals surface area contributed by atoms with Gasteiger partial charge in [-0.15, -0.1) is 52.7 Å². The second kappa shape index (κ2) is 48.0. The summed E-state index contributed by atoms with van der Waals surface area (Å²) in [6, 6.07) is 49.0. The lowest BCUT2D eigenvalue weighted by Crippen LogP contribution is -2.17. The van der Waals surface area contributed by atoms with Gasteiger partial charge in [0.1, 0.15) is 46.5 Å². The van der Waals surface area contributed by atoms with Crippen LogP contribution in [0, 0.1) is 93.5 Å². The van der Waals surface area contributed by atoms with Crippen LogP contribution < -0.4 is 18.9 Å². The maximum absolute atomic E-state index is 14.9. The summed E-state index contributed by atoms with van der Waals surface area (Å²) in [5.74, 6) is -12.1. The minimum atomic E-state index is -5.08. The summed E-state index contributed by atoms with van der Waals surface area (Å²) in [7, 11) is 0. The Morgan fingerprint density at radius 3 is 0.577 bits per heavy atom. The van der Waals surface area contributed by atoms with Gasteiger partial charge in [0.2, 0.25) is 0 Å². The van der Waals surface area contributed by atoms with Gasteiger partial charge in [-0.2, -0.15) is 0 Å². The van der Waals surface area contributed by atoms with Crippen LogP contribution >= 0.6 is 0 Å². The largest absolute Gasteiger partial charge is 0.573 e. The standard InChI is InChI=1S/C30H30F6O.C29H28F6O.C28H26F6O.C27H24F6O/c1-2-3-4-5-19-6-8-20(9-7-19)21-10-12-22(13-11-21)24-17-26(32)29(27(33)18-24)23-14-15-28(25(31)16-23)37-30(34,35)36;1-2-3-4-18-5-7-19(8-6-18)20-9-11-21(12-10-20)23-16-25(31)28(26(32)17-23)22-13-14-27(24(30)15-22)36-29(33,34)35;1-2-3-17-4-6-18(7-5-17)19-8-10-20(11-9-19)22-15-24(30)27(25(31)16-22)21-12-13-26(23(29)14-21)35-28(32,33)34;1-2-16-3-5-17(6-4-16)18-7-9-19(10-8-18)21-14-23(29)26(24(30)15-21)20-11-12-25(22(28)13-20)34-27(31,32)33/h10-20H,2-9H2,1H3;9-19H,2-8H2,1H3;8-18H,2-7H2,1H3;7-17H,2-6H2,1H3. The van der Waals surface area contributed by atoms with E-state index in [1.165, 1.54) is 138 Å². The second-order valence-electron chi connectivity index (χ2n) is 37.2. The molecule has 4 fully saturated rings. The smallest absolute Gasteiger partial charge is 0.403 e. The molecule has 4 aliphatic rings. The minimum absolute atomic E-state index is 0.228. The zero-order chi connectivity index (χ0) is 102. The summed E-state index contributed by atoms with van der Waals surface area (Å²) in [5, 5.41) is 0. The molecule has 12 aromatic rings. The molecule has 0 N–H and O–H groups in total. The molecule has 4 nitrogen and oxygen atoms in total. The molecule has 0 unspecified atom stereocenters. The molecule has 0 radical (unpaired) electrons. The van der Waals surface area contributed by atoms with Gasteiger partial charge in [0.15, 0.2) is 46.3 Å². The zero-order valence-electron chi connectivity index (χ0n) is 78.5. The second-order valence-corrected chi connectivity index (χ2v) is 37.2. The Kier molecular flexibility index (Phi) is 36.3. The first-order valence-electron chi connectivity index (χ1n) is 48.2. The maximum Gasteiger partial charge on any atom is 0.573 e. The highest BCUT2D eigenvalue weighted by Crippen LogP contribution is 2.47. The zero-order valence-corrected chi connectivity index (χ0v) is 78.5. The predicted octanol–water partition coefficient (Wildman–Crippen LogP) is 38.4. The van der Waals surface area contributed by atoms with Crippen molar-refractivity contribution in [1.82, 2.24) is 0 Å². The van der Waals surface area contributed by atoms with E-state index in [9.17, 15) is 105 Å². The van der Waals surface area contributed by atoms with E-state index in [0.29, 0.717) is 117 Å². The first-order chi connectivity index (χ1) is 67.6. The van der Waals surface area contributed by atoms with E-state index in [1.807, 2.05) is 97.1 Å². The van der Waals surface area contributed by atoms with Crippen molar-refractivity contribution in [3.05, 3.63) is 310 Å². The van der Waals surface area contributed by atoms with Crippen LogP contribution in [0.1, 0.15) is 241 Å². The third-order valence-electron chi connectivity index (χ3n) is 27.7. The van der Waals surface area contributed by atoms with Gasteiger partial charge in [0.25, 0.3) is 0 Å². The van der Waals surface area contributed by atoms with Crippen molar-refractivity contribution in [2.75, 3.05) is 0 Å². The Hall–Kier alpha value is -11.8. The van der Waals surface area contributed by atoms with Gasteiger partial charge in [-0.25, -0.2) is 52.7 Å². The fourth-order valence-electron chi connectivity index (χ4n) is 20.1. The molecule has 28 heteroatoms. The van der Waals surface area contributed by atoms with Crippen molar-refractivity contribution in [1.29, 1.82) is 0 Å². The molecule has 12 aromatic carbocycles. The molecule has 4 aliphatic carbocycles.